The molecule has 4 nitrogen and oxygen atoms in total. The molecule has 0 saturated carbocycles. The van der Waals surface area contributed by atoms with Gasteiger partial charge in [-0.1, -0.05) is 31.5 Å². The highest BCUT2D eigenvalue weighted by atomic mass is 127. The van der Waals surface area contributed by atoms with E-state index in [1.165, 1.54) is 0 Å². The zero-order chi connectivity index (χ0) is 23.0. The van der Waals surface area contributed by atoms with Crippen LogP contribution in [0.25, 0.3) is 11.0 Å². The van der Waals surface area contributed by atoms with Crippen LogP contribution in [-0.4, -0.2) is 24.0 Å². The van der Waals surface area contributed by atoms with Crippen LogP contribution in [0.15, 0.2) is 40.8 Å². The first-order valence-electron chi connectivity index (χ1n) is 10.4. The van der Waals surface area contributed by atoms with Crippen molar-refractivity contribution in [2.45, 2.75) is 26.2 Å². The Bertz CT molecular complexity index is 1100. The van der Waals surface area contributed by atoms with Crippen LogP contribution in [0.4, 0.5) is 0 Å². The van der Waals surface area contributed by atoms with Crippen LogP contribution in [0.3, 0.4) is 0 Å². The summed E-state index contributed by atoms with van der Waals surface area (Å²) in [6.07, 6.45) is 2.50. The predicted octanol–water partition coefficient (Wildman–Crippen LogP) is 5.59. The second-order valence-electron chi connectivity index (χ2n) is 5.91. The molecule has 1 aromatic heterocycles. The summed E-state index contributed by atoms with van der Waals surface area (Å²) in [5, 5.41) is 10.2. The maximum atomic E-state index is 13.5. The fraction of sp³-hybridized carbons (Fsp3) is 0.286. The molecule has 0 spiro atoms. The van der Waals surface area contributed by atoms with E-state index in [4.69, 9.17) is 14.6 Å². The maximum absolute atomic E-state index is 13.5. The highest BCUT2D eigenvalue weighted by Gasteiger charge is 2.23. The van der Waals surface area contributed by atoms with Gasteiger partial charge in [0, 0.05) is 17.4 Å². The van der Waals surface area contributed by atoms with Gasteiger partial charge in [-0.2, -0.15) is 0 Å². The molecule has 1 heterocycles. The lowest BCUT2D eigenvalue weighted by Crippen LogP contribution is -2.08. The molecular weight excluding hydrogens is 570 g/mol. The van der Waals surface area contributed by atoms with Crippen LogP contribution in [0.2, 0.25) is 0 Å². The van der Waals surface area contributed by atoms with E-state index in [9.17, 15) is 9.90 Å². The zero-order valence-corrected chi connectivity index (χ0v) is 18.8. The van der Waals surface area contributed by atoms with E-state index in [0.29, 0.717) is 36.0 Å². The number of furan rings is 1. The number of carbonyl (C=O) groups is 1. The van der Waals surface area contributed by atoms with Crippen molar-refractivity contribution in [2.24, 2.45) is 0 Å². The van der Waals surface area contributed by atoms with Gasteiger partial charge in [0.25, 0.3) is 0 Å². The molecule has 0 unspecified atom stereocenters. The molecule has 3 aromatic rings. The van der Waals surface area contributed by atoms with Crippen LogP contribution < -0.4 is 4.74 Å². The van der Waals surface area contributed by atoms with E-state index >= 15 is 0 Å². The number of fused-ring (bicyclic) bond motifs is 1. The molecule has 3 rings (SSSR count). The quantitative estimate of drug-likeness (QED) is 0.273. The molecule has 2 aromatic carbocycles. The van der Waals surface area contributed by atoms with Crippen molar-refractivity contribution in [3.8, 4) is 5.75 Å². The third kappa shape index (κ3) is 4.48. The molecule has 142 valence electrons. The molecule has 0 bridgehead atoms. The second-order valence-corrected chi connectivity index (χ2v) is 8.24. The highest BCUT2D eigenvalue weighted by molar-refractivity contribution is 14.1. The lowest BCUT2D eigenvalue weighted by atomic mass is 9.98. The van der Waals surface area contributed by atoms with Crippen molar-refractivity contribution in [1.29, 1.82) is 0 Å². The molecule has 0 atom stereocenters. The van der Waals surface area contributed by atoms with Crippen molar-refractivity contribution < 1.29 is 24.5 Å². The SMILES string of the molecule is [2H]C([2H])(O)C([2H])([2H])Oc1c(I)cc(C(=O)c2c(CCCC)oc3ccccc23)cc1I. The van der Waals surface area contributed by atoms with Gasteiger partial charge in [0.15, 0.2) is 5.78 Å². The number of ketones is 1. The van der Waals surface area contributed by atoms with Gasteiger partial charge in [-0.25, -0.2) is 0 Å². The lowest BCUT2D eigenvalue weighted by molar-refractivity contribution is 0.103. The van der Waals surface area contributed by atoms with E-state index in [0.717, 1.165) is 18.2 Å². The average Bonchev–Trinajstić information content (AvgIpc) is 3.05. The van der Waals surface area contributed by atoms with Gasteiger partial charge < -0.3 is 14.3 Å². The van der Waals surface area contributed by atoms with E-state index in [1.807, 2.05) is 69.4 Å². The summed E-state index contributed by atoms with van der Waals surface area (Å²) in [4.78, 5) is 13.5. The standard InChI is InChI=1S/C21H20I2O4/c1-2-3-7-18-19(14-6-4-5-8-17(14)27-18)20(25)13-11-15(22)21(16(23)12-13)26-10-9-24/h4-6,8,11-12,24H,2-3,7,9-10H2,1H3/i9D2,10D2. The van der Waals surface area contributed by atoms with Gasteiger partial charge in [-0.3, -0.25) is 4.79 Å². The molecule has 0 saturated heterocycles. The van der Waals surface area contributed by atoms with Crippen molar-refractivity contribution in [2.75, 3.05) is 13.1 Å². The molecule has 6 heteroatoms. The molecule has 0 aliphatic heterocycles. The largest absolute Gasteiger partial charge is 0.489 e. The van der Waals surface area contributed by atoms with Gasteiger partial charge in [0.05, 0.1) is 24.7 Å². The number of halogens is 2. The van der Waals surface area contributed by atoms with E-state index in [2.05, 4.69) is 6.92 Å². The third-order valence-corrected chi connectivity index (χ3v) is 5.71. The number of benzene rings is 2. The van der Waals surface area contributed by atoms with Crippen LogP contribution in [-0.2, 0) is 6.42 Å². The van der Waals surface area contributed by atoms with Crippen molar-refractivity contribution >= 4 is 61.9 Å². The van der Waals surface area contributed by atoms with Crippen LogP contribution in [0.5, 0.6) is 5.75 Å². The van der Waals surface area contributed by atoms with Gasteiger partial charge in [-0.15, -0.1) is 0 Å². The summed E-state index contributed by atoms with van der Waals surface area (Å²) in [7, 11) is 0. The Hall–Kier alpha value is -1.13. The number of rotatable bonds is 8. The predicted molar refractivity (Wildman–Crippen MR) is 123 cm³/mol. The summed E-state index contributed by atoms with van der Waals surface area (Å²) >= 11 is 3.81. The first kappa shape index (κ1) is 15.8. The maximum Gasteiger partial charge on any atom is 0.197 e. The monoisotopic (exact) mass is 594 g/mol. The number of hydrogen-bond acceptors (Lipinski definition) is 4. The first-order valence-corrected chi connectivity index (χ1v) is 10.6. The molecule has 0 radical (unpaired) electrons. The fourth-order valence-corrected chi connectivity index (χ4v) is 4.85. The Balaban J connectivity index is 2.04. The van der Waals surface area contributed by atoms with Crippen molar-refractivity contribution in [3.63, 3.8) is 0 Å². The minimum Gasteiger partial charge on any atom is -0.489 e. The van der Waals surface area contributed by atoms with Crippen LogP contribution >= 0.6 is 45.2 Å². The zero-order valence-electron chi connectivity index (χ0n) is 18.5. The Labute approximate surface area is 191 Å². The summed E-state index contributed by atoms with van der Waals surface area (Å²) < 4.78 is 41.8. The minimum absolute atomic E-state index is 0.0592. The van der Waals surface area contributed by atoms with Crippen molar-refractivity contribution in [3.05, 3.63) is 60.4 Å². The third-order valence-electron chi connectivity index (χ3n) is 4.11. The number of unbranched alkanes of at least 4 members (excludes halogenated alkanes) is 1. The molecule has 27 heavy (non-hydrogen) atoms. The van der Waals surface area contributed by atoms with Gasteiger partial charge in [0.1, 0.15) is 23.7 Å². The second kappa shape index (κ2) is 9.38. The molecule has 0 amide bonds. The Morgan fingerprint density at radius 1 is 1.26 bits per heavy atom. The summed E-state index contributed by atoms with van der Waals surface area (Å²) in [6.45, 7) is -4.09. The number of aryl methyl sites for hydroxylation is 1. The van der Waals surface area contributed by atoms with Crippen molar-refractivity contribution in [1.82, 2.24) is 0 Å². The van der Waals surface area contributed by atoms with Gasteiger partial charge in [-0.05, 0) is 69.8 Å². The van der Waals surface area contributed by atoms with Crippen LogP contribution in [0.1, 0.15) is 46.9 Å². The smallest absolute Gasteiger partial charge is 0.197 e. The Kier molecular flexibility index (Phi) is 5.47. The Morgan fingerprint density at radius 3 is 2.63 bits per heavy atom. The lowest BCUT2D eigenvalue weighted by Gasteiger charge is -2.11. The number of ether oxygens (including phenoxy) is 1. The first-order chi connectivity index (χ1) is 14.5. The van der Waals surface area contributed by atoms with E-state index in [-0.39, 0.29) is 11.5 Å². The summed E-state index contributed by atoms with van der Waals surface area (Å²) in [5.74, 6) is 0.492. The number of aliphatic hydroxyl groups is 1. The summed E-state index contributed by atoms with van der Waals surface area (Å²) in [6, 6.07) is 10.5. The topological polar surface area (TPSA) is 59.7 Å². The molecule has 0 fully saturated rings. The van der Waals surface area contributed by atoms with Gasteiger partial charge >= 0.3 is 0 Å². The molecule has 0 aliphatic rings. The number of para-hydroxylation sites is 1. The summed E-state index contributed by atoms with van der Waals surface area (Å²) in [5.41, 5.74) is 1.56. The Morgan fingerprint density at radius 2 is 1.96 bits per heavy atom. The number of hydrogen-bond donors (Lipinski definition) is 1. The number of carbonyl (C=O) groups excluding carboxylic acids is 1. The molecule has 1 N–H and O–H groups in total. The molecule has 0 aliphatic carbocycles. The normalized spacial score (nSPS) is 14.4. The van der Waals surface area contributed by atoms with E-state index in [1.54, 1.807) is 12.1 Å². The molecular formula is C21H20I2O4. The highest BCUT2D eigenvalue weighted by Crippen LogP contribution is 2.33. The fourth-order valence-electron chi connectivity index (χ4n) is 2.87. The minimum atomic E-state index is -3.20. The van der Waals surface area contributed by atoms with Crippen LogP contribution in [0, 0.1) is 7.14 Å². The average molecular weight is 594 g/mol. The van der Waals surface area contributed by atoms with E-state index < -0.39 is 13.1 Å². The van der Waals surface area contributed by atoms with Gasteiger partial charge in [0.2, 0.25) is 0 Å².